The molecule has 14 heavy (non-hydrogen) atoms. The van der Waals surface area contributed by atoms with E-state index >= 15 is 0 Å². The first-order chi connectivity index (χ1) is 6.58. The number of ether oxygens (including phenoxy) is 1. The molecule has 0 amide bonds. The van der Waals surface area contributed by atoms with Crippen LogP contribution in [0, 0.1) is 0 Å². The van der Waals surface area contributed by atoms with Crippen molar-refractivity contribution in [1.29, 1.82) is 0 Å². The molecule has 1 atom stereocenters. The lowest BCUT2D eigenvalue weighted by molar-refractivity contribution is -0.0133. The molecule has 76 valence electrons. The summed E-state index contributed by atoms with van der Waals surface area (Å²) in [4.78, 5) is 10.5. The van der Waals surface area contributed by atoms with Crippen molar-refractivity contribution >= 4 is 6.16 Å². The van der Waals surface area contributed by atoms with Crippen molar-refractivity contribution in [3.63, 3.8) is 0 Å². The standard InChI is InChI=1S/C11H14O3/c1-3-11(2,14-10(12)13)9-7-5-4-6-8-9/h4-8H,3H2,1-2H3,(H,12,13). The van der Waals surface area contributed by atoms with Crippen molar-refractivity contribution in [3.05, 3.63) is 35.9 Å². The van der Waals surface area contributed by atoms with E-state index in [0.29, 0.717) is 6.42 Å². The molecule has 0 aliphatic carbocycles. The van der Waals surface area contributed by atoms with E-state index in [9.17, 15) is 4.79 Å². The van der Waals surface area contributed by atoms with Crippen LogP contribution >= 0.6 is 0 Å². The zero-order chi connectivity index (χ0) is 10.6. The Morgan fingerprint density at radius 2 is 2.00 bits per heavy atom. The highest BCUT2D eigenvalue weighted by Gasteiger charge is 2.28. The lowest BCUT2D eigenvalue weighted by atomic mass is 9.93. The van der Waals surface area contributed by atoms with E-state index in [1.807, 2.05) is 37.3 Å². The van der Waals surface area contributed by atoms with E-state index in [2.05, 4.69) is 0 Å². The van der Waals surface area contributed by atoms with Gasteiger partial charge in [-0.25, -0.2) is 4.79 Å². The van der Waals surface area contributed by atoms with Gasteiger partial charge in [-0.05, 0) is 18.9 Å². The summed E-state index contributed by atoms with van der Waals surface area (Å²) in [6.45, 7) is 3.67. The van der Waals surface area contributed by atoms with Gasteiger partial charge >= 0.3 is 6.16 Å². The average Bonchev–Trinajstić information content (AvgIpc) is 2.18. The summed E-state index contributed by atoms with van der Waals surface area (Å²) in [6, 6.07) is 9.36. The van der Waals surface area contributed by atoms with Crippen molar-refractivity contribution in [3.8, 4) is 0 Å². The molecule has 0 radical (unpaired) electrons. The van der Waals surface area contributed by atoms with E-state index in [1.54, 1.807) is 6.92 Å². The quantitative estimate of drug-likeness (QED) is 0.752. The molecule has 0 aliphatic heterocycles. The maximum atomic E-state index is 10.5. The molecule has 1 rings (SSSR count). The third kappa shape index (κ3) is 2.25. The van der Waals surface area contributed by atoms with Crippen molar-refractivity contribution in [2.45, 2.75) is 25.9 Å². The molecule has 0 aliphatic rings. The normalized spacial score (nSPS) is 14.4. The van der Waals surface area contributed by atoms with Gasteiger partial charge in [0.2, 0.25) is 0 Å². The number of carboxylic acid groups (broad SMARTS) is 1. The minimum Gasteiger partial charge on any atom is -0.450 e. The van der Waals surface area contributed by atoms with Gasteiger partial charge < -0.3 is 9.84 Å². The van der Waals surface area contributed by atoms with Gasteiger partial charge in [0, 0.05) is 0 Å². The van der Waals surface area contributed by atoms with Crippen LogP contribution in [0.4, 0.5) is 4.79 Å². The van der Waals surface area contributed by atoms with E-state index in [4.69, 9.17) is 9.84 Å². The molecule has 1 aromatic carbocycles. The number of rotatable bonds is 3. The van der Waals surface area contributed by atoms with Gasteiger partial charge in [0.1, 0.15) is 5.60 Å². The van der Waals surface area contributed by atoms with Crippen LogP contribution in [0.1, 0.15) is 25.8 Å². The summed E-state index contributed by atoms with van der Waals surface area (Å²) >= 11 is 0. The molecule has 3 nitrogen and oxygen atoms in total. The summed E-state index contributed by atoms with van der Waals surface area (Å²) in [5.41, 5.74) is 0.137. The Morgan fingerprint density at radius 1 is 1.43 bits per heavy atom. The first-order valence-corrected chi connectivity index (χ1v) is 4.56. The fourth-order valence-electron chi connectivity index (χ4n) is 1.32. The Labute approximate surface area is 83.3 Å². The highest BCUT2D eigenvalue weighted by molar-refractivity contribution is 5.58. The Balaban J connectivity index is 2.95. The molecule has 0 fully saturated rings. The van der Waals surface area contributed by atoms with Crippen LogP contribution in [0.25, 0.3) is 0 Å². The Bertz CT molecular complexity index is 308. The van der Waals surface area contributed by atoms with Gasteiger partial charge in [-0.3, -0.25) is 0 Å². The van der Waals surface area contributed by atoms with Crippen LogP contribution in [0.5, 0.6) is 0 Å². The molecule has 0 bridgehead atoms. The van der Waals surface area contributed by atoms with Crippen LogP contribution in [-0.2, 0) is 10.3 Å². The smallest absolute Gasteiger partial charge is 0.450 e. The van der Waals surface area contributed by atoms with Crippen LogP contribution in [0.2, 0.25) is 0 Å². The lowest BCUT2D eigenvalue weighted by Crippen LogP contribution is -2.27. The second kappa shape index (κ2) is 4.13. The van der Waals surface area contributed by atoms with Crippen LogP contribution in [0.15, 0.2) is 30.3 Å². The van der Waals surface area contributed by atoms with Gasteiger partial charge in [-0.2, -0.15) is 0 Å². The van der Waals surface area contributed by atoms with Crippen molar-refractivity contribution in [2.24, 2.45) is 0 Å². The number of benzene rings is 1. The Morgan fingerprint density at radius 3 is 2.43 bits per heavy atom. The highest BCUT2D eigenvalue weighted by atomic mass is 16.7. The van der Waals surface area contributed by atoms with E-state index in [0.717, 1.165) is 5.56 Å². The maximum Gasteiger partial charge on any atom is 0.506 e. The predicted octanol–water partition coefficient (Wildman–Crippen LogP) is 3.01. The molecular weight excluding hydrogens is 180 g/mol. The zero-order valence-corrected chi connectivity index (χ0v) is 8.36. The second-order valence-electron chi connectivity index (χ2n) is 3.32. The highest BCUT2D eigenvalue weighted by Crippen LogP contribution is 2.28. The monoisotopic (exact) mass is 194 g/mol. The number of hydrogen-bond acceptors (Lipinski definition) is 2. The molecule has 1 unspecified atom stereocenters. The molecular formula is C11H14O3. The summed E-state index contributed by atoms with van der Waals surface area (Å²) in [5, 5.41) is 8.62. The topological polar surface area (TPSA) is 46.5 Å². The van der Waals surface area contributed by atoms with Crippen LogP contribution < -0.4 is 0 Å². The summed E-state index contributed by atoms with van der Waals surface area (Å²) in [5.74, 6) is 0. The molecule has 3 heteroatoms. The zero-order valence-electron chi connectivity index (χ0n) is 8.36. The first-order valence-electron chi connectivity index (χ1n) is 4.56. The van der Waals surface area contributed by atoms with Gasteiger partial charge in [0.05, 0.1) is 0 Å². The molecule has 1 N–H and O–H groups in total. The minimum absolute atomic E-state index is 0.614. The first kappa shape index (κ1) is 10.6. The van der Waals surface area contributed by atoms with E-state index in [1.165, 1.54) is 0 Å². The number of hydrogen-bond donors (Lipinski definition) is 1. The molecule has 0 heterocycles. The minimum atomic E-state index is -1.24. The molecule has 0 saturated heterocycles. The second-order valence-corrected chi connectivity index (χ2v) is 3.32. The SMILES string of the molecule is CCC(C)(OC(=O)O)c1ccccc1. The fraction of sp³-hybridized carbons (Fsp3) is 0.364. The van der Waals surface area contributed by atoms with Gasteiger partial charge in [-0.15, -0.1) is 0 Å². The molecule has 1 aromatic rings. The van der Waals surface area contributed by atoms with E-state index < -0.39 is 11.8 Å². The maximum absolute atomic E-state index is 10.5. The average molecular weight is 194 g/mol. The summed E-state index contributed by atoms with van der Waals surface area (Å²) < 4.78 is 4.89. The van der Waals surface area contributed by atoms with E-state index in [-0.39, 0.29) is 0 Å². The Kier molecular flexibility index (Phi) is 3.12. The van der Waals surface area contributed by atoms with Gasteiger partial charge in [-0.1, -0.05) is 37.3 Å². The third-order valence-corrected chi connectivity index (χ3v) is 2.37. The molecule has 0 aromatic heterocycles. The van der Waals surface area contributed by atoms with Gasteiger partial charge in [0.25, 0.3) is 0 Å². The Hall–Kier alpha value is -1.51. The molecule has 0 spiro atoms. The lowest BCUT2D eigenvalue weighted by Gasteiger charge is -2.27. The largest absolute Gasteiger partial charge is 0.506 e. The molecule has 0 saturated carbocycles. The van der Waals surface area contributed by atoms with Crippen molar-refractivity contribution in [2.75, 3.05) is 0 Å². The van der Waals surface area contributed by atoms with Gasteiger partial charge in [0.15, 0.2) is 0 Å². The van der Waals surface area contributed by atoms with Crippen molar-refractivity contribution in [1.82, 2.24) is 0 Å². The van der Waals surface area contributed by atoms with Crippen LogP contribution in [0.3, 0.4) is 0 Å². The predicted molar refractivity (Wildman–Crippen MR) is 53.2 cm³/mol. The fourth-order valence-corrected chi connectivity index (χ4v) is 1.32. The van der Waals surface area contributed by atoms with Crippen molar-refractivity contribution < 1.29 is 14.6 Å². The number of carbonyl (C=O) groups is 1. The third-order valence-electron chi connectivity index (χ3n) is 2.37. The van der Waals surface area contributed by atoms with Crippen LogP contribution in [-0.4, -0.2) is 11.3 Å². The summed E-state index contributed by atoms with van der Waals surface area (Å²) in [7, 11) is 0. The summed E-state index contributed by atoms with van der Waals surface area (Å²) in [6.07, 6.45) is -0.623.